The number of fused-ring (bicyclic) bond motifs is 2. The van der Waals surface area contributed by atoms with Crippen molar-refractivity contribution in [2.75, 3.05) is 12.4 Å². The summed E-state index contributed by atoms with van der Waals surface area (Å²) in [5.41, 5.74) is 1.72. The fourth-order valence-corrected chi connectivity index (χ4v) is 5.11. The summed E-state index contributed by atoms with van der Waals surface area (Å²) in [6, 6.07) is 7.00. The molecule has 1 aliphatic carbocycles. The van der Waals surface area contributed by atoms with Crippen LogP contribution in [0.4, 0.5) is 5.00 Å². The van der Waals surface area contributed by atoms with E-state index < -0.39 is 5.97 Å². The van der Waals surface area contributed by atoms with Crippen LogP contribution < -0.4 is 10.9 Å². The Balaban J connectivity index is 1.61. The number of hydrogen-bond acceptors (Lipinski definition) is 6. The zero-order chi connectivity index (χ0) is 20.5. The predicted molar refractivity (Wildman–Crippen MR) is 111 cm³/mol. The number of aromatic nitrogens is 2. The zero-order valence-corrected chi connectivity index (χ0v) is 17.0. The number of benzene rings is 1. The monoisotopic (exact) mass is 411 g/mol. The lowest BCUT2D eigenvalue weighted by atomic mass is 9.88. The van der Waals surface area contributed by atoms with Gasteiger partial charge in [0.05, 0.1) is 29.9 Å². The number of carbonyl (C=O) groups excluding carboxylic acids is 2. The van der Waals surface area contributed by atoms with Crippen LogP contribution in [0.15, 0.2) is 35.4 Å². The lowest BCUT2D eigenvalue weighted by molar-refractivity contribution is -0.116. The third-order valence-corrected chi connectivity index (χ3v) is 6.37. The van der Waals surface area contributed by atoms with Crippen LogP contribution in [0, 0.1) is 5.92 Å². The summed E-state index contributed by atoms with van der Waals surface area (Å²) in [6.45, 7) is 1.99. The minimum Gasteiger partial charge on any atom is -0.465 e. The molecule has 0 radical (unpaired) electrons. The van der Waals surface area contributed by atoms with Crippen LogP contribution in [-0.2, 0) is 28.9 Å². The first-order valence-corrected chi connectivity index (χ1v) is 10.3. The van der Waals surface area contributed by atoms with E-state index in [9.17, 15) is 14.4 Å². The molecule has 4 rings (SSSR count). The van der Waals surface area contributed by atoms with Crippen molar-refractivity contribution in [2.45, 2.75) is 32.7 Å². The highest BCUT2D eigenvalue weighted by molar-refractivity contribution is 7.17. The van der Waals surface area contributed by atoms with Crippen LogP contribution in [-0.4, -0.2) is 28.5 Å². The normalized spacial score (nSPS) is 15.7. The Bertz CT molecular complexity index is 1160. The average molecular weight is 411 g/mol. The first-order chi connectivity index (χ1) is 14.0. The molecule has 0 aliphatic heterocycles. The molecule has 1 aliphatic rings. The second kappa shape index (κ2) is 7.79. The number of carbonyl (C=O) groups is 2. The number of methoxy groups -OCH3 is 1. The lowest BCUT2D eigenvalue weighted by Crippen LogP contribution is -2.28. The number of rotatable bonds is 4. The van der Waals surface area contributed by atoms with Gasteiger partial charge < -0.3 is 10.1 Å². The molecule has 150 valence electrons. The summed E-state index contributed by atoms with van der Waals surface area (Å²) in [5, 5.41) is 3.76. The molecule has 3 aromatic rings. The molecule has 1 atom stereocenters. The van der Waals surface area contributed by atoms with Gasteiger partial charge in [-0.3, -0.25) is 14.2 Å². The average Bonchev–Trinajstić information content (AvgIpc) is 3.06. The van der Waals surface area contributed by atoms with Gasteiger partial charge in [0.15, 0.2) is 0 Å². The van der Waals surface area contributed by atoms with Crippen molar-refractivity contribution >= 4 is 39.1 Å². The van der Waals surface area contributed by atoms with Crippen LogP contribution >= 0.6 is 11.3 Å². The third kappa shape index (κ3) is 3.67. The molecule has 2 aromatic heterocycles. The highest BCUT2D eigenvalue weighted by atomic mass is 32.1. The molecule has 0 saturated heterocycles. The van der Waals surface area contributed by atoms with Gasteiger partial charge in [-0.25, -0.2) is 9.78 Å². The van der Waals surface area contributed by atoms with Gasteiger partial charge in [0.1, 0.15) is 11.5 Å². The van der Waals surface area contributed by atoms with E-state index in [1.807, 2.05) is 0 Å². The Hall–Kier alpha value is -3.00. The van der Waals surface area contributed by atoms with Crippen molar-refractivity contribution in [3.8, 4) is 0 Å². The summed E-state index contributed by atoms with van der Waals surface area (Å²) in [7, 11) is 1.34. The summed E-state index contributed by atoms with van der Waals surface area (Å²) < 4.78 is 6.22. The Kier molecular flexibility index (Phi) is 5.19. The molecule has 0 spiro atoms. The van der Waals surface area contributed by atoms with Crippen molar-refractivity contribution in [3.63, 3.8) is 0 Å². The Labute approximate surface area is 171 Å². The highest BCUT2D eigenvalue weighted by Gasteiger charge is 2.28. The number of nitrogens with zero attached hydrogens (tertiary/aromatic N) is 2. The molecule has 2 heterocycles. The topological polar surface area (TPSA) is 90.3 Å². The molecule has 1 N–H and O–H groups in total. The standard InChI is InChI=1S/C21H21N3O4S/c1-12-7-8-14-16(9-12)29-19(18(14)21(27)28-2)23-17(25)10-24-11-22-15-6-4-3-5-13(15)20(24)26/h3-6,11-12H,7-10H2,1-2H3,(H,23,25)/t12-/m0/s1. The molecular weight excluding hydrogens is 390 g/mol. The Morgan fingerprint density at radius 3 is 2.93 bits per heavy atom. The lowest BCUT2D eigenvalue weighted by Gasteiger charge is -2.18. The summed E-state index contributed by atoms with van der Waals surface area (Å²) in [4.78, 5) is 43.0. The molecule has 1 amide bonds. The van der Waals surface area contributed by atoms with Crippen LogP contribution in [0.3, 0.4) is 0 Å². The van der Waals surface area contributed by atoms with E-state index in [2.05, 4.69) is 17.2 Å². The van der Waals surface area contributed by atoms with Crippen molar-refractivity contribution in [2.24, 2.45) is 5.92 Å². The van der Waals surface area contributed by atoms with Gasteiger partial charge in [0, 0.05) is 4.88 Å². The van der Waals surface area contributed by atoms with Gasteiger partial charge in [-0.05, 0) is 42.9 Å². The number of anilines is 1. The van der Waals surface area contributed by atoms with E-state index in [1.54, 1.807) is 24.3 Å². The van der Waals surface area contributed by atoms with E-state index in [-0.39, 0.29) is 18.0 Å². The van der Waals surface area contributed by atoms with Gasteiger partial charge in [-0.1, -0.05) is 19.1 Å². The maximum atomic E-state index is 12.7. The minimum absolute atomic E-state index is 0.184. The van der Waals surface area contributed by atoms with Gasteiger partial charge in [-0.15, -0.1) is 11.3 Å². The number of hydrogen-bond donors (Lipinski definition) is 1. The molecule has 0 unspecified atom stereocenters. The molecule has 7 nitrogen and oxygen atoms in total. The summed E-state index contributed by atoms with van der Waals surface area (Å²) >= 11 is 1.42. The number of thiophene rings is 1. The SMILES string of the molecule is COC(=O)c1c(NC(=O)Cn2cnc3ccccc3c2=O)sc2c1CC[C@H](C)C2. The van der Waals surface area contributed by atoms with Crippen LogP contribution in [0.5, 0.6) is 0 Å². The Morgan fingerprint density at radius 2 is 2.14 bits per heavy atom. The molecule has 29 heavy (non-hydrogen) atoms. The highest BCUT2D eigenvalue weighted by Crippen LogP contribution is 2.40. The number of ether oxygens (including phenoxy) is 1. The van der Waals surface area contributed by atoms with Crippen LogP contribution in [0.2, 0.25) is 0 Å². The summed E-state index contributed by atoms with van der Waals surface area (Å²) in [5.74, 6) is -0.296. The zero-order valence-electron chi connectivity index (χ0n) is 16.2. The van der Waals surface area contributed by atoms with E-state index in [1.165, 1.54) is 29.3 Å². The number of para-hydroxylation sites is 1. The second-order valence-corrected chi connectivity index (χ2v) is 8.40. The summed E-state index contributed by atoms with van der Waals surface area (Å²) in [6.07, 6.45) is 4.04. The van der Waals surface area contributed by atoms with E-state index in [4.69, 9.17) is 4.74 Å². The fourth-order valence-electron chi connectivity index (χ4n) is 3.70. The molecule has 0 fully saturated rings. The molecule has 0 saturated carbocycles. The smallest absolute Gasteiger partial charge is 0.341 e. The first-order valence-electron chi connectivity index (χ1n) is 9.44. The van der Waals surface area contributed by atoms with Crippen molar-refractivity contribution < 1.29 is 14.3 Å². The van der Waals surface area contributed by atoms with Crippen LogP contribution in [0.25, 0.3) is 10.9 Å². The molecular formula is C21H21N3O4S. The number of amides is 1. The van der Waals surface area contributed by atoms with Crippen molar-refractivity contribution in [1.82, 2.24) is 9.55 Å². The maximum Gasteiger partial charge on any atom is 0.341 e. The Morgan fingerprint density at radius 1 is 1.34 bits per heavy atom. The first kappa shape index (κ1) is 19.3. The van der Waals surface area contributed by atoms with E-state index in [0.717, 1.165) is 29.7 Å². The largest absolute Gasteiger partial charge is 0.465 e. The minimum atomic E-state index is -0.447. The fraction of sp³-hybridized carbons (Fsp3) is 0.333. The van der Waals surface area contributed by atoms with E-state index >= 15 is 0 Å². The van der Waals surface area contributed by atoms with E-state index in [0.29, 0.717) is 27.4 Å². The second-order valence-electron chi connectivity index (χ2n) is 7.29. The van der Waals surface area contributed by atoms with Gasteiger partial charge >= 0.3 is 5.97 Å². The van der Waals surface area contributed by atoms with Crippen molar-refractivity contribution in [1.29, 1.82) is 0 Å². The quantitative estimate of drug-likeness (QED) is 0.667. The van der Waals surface area contributed by atoms with Gasteiger partial charge in [0.25, 0.3) is 5.56 Å². The maximum absolute atomic E-state index is 12.7. The third-order valence-electron chi connectivity index (χ3n) is 5.20. The van der Waals surface area contributed by atoms with Crippen molar-refractivity contribution in [3.05, 3.63) is 57.0 Å². The van der Waals surface area contributed by atoms with Gasteiger partial charge in [0.2, 0.25) is 5.91 Å². The number of nitrogens with one attached hydrogen (secondary N) is 1. The molecule has 8 heteroatoms. The van der Waals surface area contributed by atoms with Gasteiger partial charge in [-0.2, -0.15) is 0 Å². The molecule has 1 aromatic carbocycles. The predicted octanol–water partition coefficient (Wildman–Crippen LogP) is 3.01. The van der Waals surface area contributed by atoms with Crippen LogP contribution in [0.1, 0.15) is 34.1 Å². The molecule has 0 bridgehead atoms. The number of esters is 1.